The van der Waals surface area contributed by atoms with E-state index in [1.54, 1.807) is 0 Å². The van der Waals surface area contributed by atoms with Crippen molar-refractivity contribution in [2.24, 2.45) is 5.92 Å². The van der Waals surface area contributed by atoms with Gasteiger partial charge in [-0.25, -0.2) is 0 Å². The highest BCUT2D eigenvalue weighted by Gasteiger charge is 2.27. The van der Waals surface area contributed by atoms with Gasteiger partial charge in [0.25, 0.3) is 0 Å². The molecule has 0 aliphatic heterocycles. The van der Waals surface area contributed by atoms with E-state index in [1.807, 2.05) is 60.7 Å². The highest BCUT2D eigenvalue weighted by molar-refractivity contribution is 6.35. The molecule has 3 rings (SSSR count). The molecule has 2 atom stereocenters. The molecular weight excluding hydrogens is 324 g/mol. The predicted octanol–water partition coefficient (Wildman–Crippen LogP) is 3.59. The van der Waals surface area contributed by atoms with E-state index in [-0.39, 0.29) is 12.1 Å². The Hall–Kier alpha value is -2.62. The minimum Gasteiger partial charge on any atom is -0.345 e. The molecule has 0 spiro atoms. The summed E-state index contributed by atoms with van der Waals surface area (Å²) in [6, 6.07) is 19.2. The van der Waals surface area contributed by atoms with Crippen LogP contribution in [0.3, 0.4) is 0 Å². The molecule has 1 aliphatic rings. The molecule has 0 bridgehead atoms. The minimum absolute atomic E-state index is 0.0916. The van der Waals surface area contributed by atoms with E-state index in [0.29, 0.717) is 5.92 Å². The van der Waals surface area contributed by atoms with Crippen molar-refractivity contribution in [1.29, 1.82) is 0 Å². The molecular formula is C22H26N2O2. The molecule has 0 heterocycles. The van der Waals surface area contributed by atoms with Gasteiger partial charge in [0.2, 0.25) is 0 Å². The molecule has 136 valence electrons. The van der Waals surface area contributed by atoms with Gasteiger partial charge >= 0.3 is 11.8 Å². The smallest absolute Gasteiger partial charge is 0.310 e. The molecule has 2 unspecified atom stereocenters. The largest absolute Gasteiger partial charge is 0.345 e. The number of carbonyl (C=O) groups excluding carboxylic acids is 2. The Morgan fingerprint density at radius 1 is 0.846 bits per heavy atom. The Kier molecular flexibility index (Phi) is 6.05. The molecule has 0 aromatic heterocycles. The minimum atomic E-state index is -0.583. The Balaban J connectivity index is 1.72. The summed E-state index contributed by atoms with van der Waals surface area (Å²) in [6.45, 7) is 2.14. The molecule has 4 heteroatoms. The van der Waals surface area contributed by atoms with Gasteiger partial charge in [-0.05, 0) is 29.9 Å². The molecule has 1 aliphatic carbocycles. The summed E-state index contributed by atoms with van der Waals surface area (Å²) in [5.41, 5.74) is 1.90. The SMILES string of the molecule is CC1CCCCC1NC(=O)C(=O)NC(c1ccccc1)c1ccccc1. The van der Waals surface area contributed by atoms with Crippen molar-refractivity contribution >= 4 is 11.8 Å². The average molecular weight is 350 g/mol. The highest BCUT2D eigenvalue weighted by Crippen LogP contribution is 2.24. The third-order valence-corrected chi connectivity index (χ3v) is 5.18. The molecule has 0 saturated heterocycles. The first-order valence-corrected chi connectivity index (χ1v) is 9.36. The number of carbonyl (C=O) groups is 2. The van der Waals surface area contributed by atoms with E-state index in [2.05, 4.69) is 17.6 Å². The van der Waals surface area contributed by atoms with Crippen molar-refractivity contribution in [3.8, 4) is 0 Å². The average Bonchev–Trinajstić information content (AvgIpc) is 2.69. The second-order valence-corrected chi connectivity index (χ2v) is 7.07. The van der Waals surface area contributed by atoms with Crippen molar-refractivity contribution in [1.82, 2.24) is 10.6 Å². The first-order chi connectivity index (χ1) is 12.6. The van der Waals surface area contributed by atoms with Gasteiger partial charge in [0, 0.05) is 6.04 Å². The number of rotatable bonds is 4. The van der Waals surface area contributed by atoms with E-state index in [9.17, 15) is 9.59 Å². The van der Waals surface area contributed by atoms with Gasteiger partial charge in [-0.2, -0.15) is 0 Å². The van der Waals surface area contributed by atoms with Crippen LogP contribution in [-0.4, -0.2) is 17.9 Å². The second kappa shape index (κ2) is 8.65. The third kappa shape index (κ3) is 4.51. The third-order valence-electron chi connectivity index (χ3n) is 5.18. The highest BCUT2D eigenvalue weighted by atomic mass is 16.2. The molecule has 2 aromatic carbocycles. The van der Waals surface area contributed by atoms with E-state index >= 15 is 0 Å². The van der Waals surface area contributed by atoms with Gasteiger partial charge in [0.15, 0.2) is 0 Å². The fourth-order valence-electron chi connectivity index (χ4n) is 3.61. The van der Waals surface area contributed by atoms with Crippen LogP contribution in [0.1, 0.15) is 49.8 Å². The predicted molar refractivity (Wildman–Crippen MR) is 102 cm³/mol. The number of nitrogens with one attached hydrogen (secondary N) is 2. The lowest BCUT2D eigenvalue weighted by atomic mass is 9.86. The summed E-state index contributed by atoms with van der Waals surface area (Å²) in [6.07, 6.45) is 4.35. The van der Waals surface area contributed by atoms with Gasteiger partial charge in [-0.3, -0.25) is 9.59 Å². The van der Waals surface area contributed by atoms with E-state index in [4.69, 9.17) is 0 Å². The summed E-state index contributed by atoms with van der Waals surface area (Å²) >= 11 is 0. The van der Waals surface area contributed by atoms with E-state index in [0.717, 1.165) is 30.4 Å². The molecule has 2 amide bonds. The maximum Gasteiger partial charge on any atom is 0.310 e. The summed E-state index contributed by atoms with van der Waals surface area (Å²) in [7, 11) is 0. The topological polar surface area (TPSA) is 58.2 Å². The Morgan fingerprint density at radius 2 is 1.38 bits per heavy atom. The zero-order valence-corrected chi connectivity index (χ0v) is 15.2. The van der Waals surface area contributed by atoms with Crippen molar-refractivity contribution in [2.45, 2.75) is 44.7 Å². The zero-order chi connectivity index (χ0) is 18.4. The number of amides is 2. The van der Waals surface area contributed by atoms with E-state index in [1.165, 1.54) is 6.42 Å². The Labute approximate surface area is 155 Å². The maximum absolute atomic E-state index is 12.6. The second-order valence-electron chi connectivity index (χ2n) is 7.07. The molecule has 1 fully saturated rings. The molecule has 1 saturated carbocycles. The fourth-order valence-corrected chi connectivity index (χ4v) is 3.61. The molecule has 2 aromatic rings. The standard InChI is InChI=1S/C22H26N2O2/c1-16-10-8-9-15-19(16)23-21(25)22(26)24-20(17-11-4-2-5-12-17)18-13-6-3-7-14-18/h2-7,11-14,16,19-20H,8-10,15H2,1H3,(H,23,25)(H,24,26). The maximum atomic E-state index is 12.6. The Morgan fingerprint density at radius 3 is 1.92 bits per heavy atom. The van der Waals surface area contributed by atoms with Crippen LogP contribution in [0, 0.1) is 5.92 Å². The number of hydrogen-bond acceptors (Lipinski definition) is 2. The first-order valence-electron chi connectivity index (χ1n) is 9.36. The van der Waals surface area contributed by atoms with Gasteiger partial charge in [-0.15, -0.1) is 0 Å². The normalized spacial score (nSPS) is 19.8. The fraction of sp³-hybridized carbons (Fsp3) is 0.364. The van der Waals surface area contributed by atoms with Crippen LogP contribution in [0.5, 0.6) is 0 Å². The summed E-state index contributed by atoms with van der Waals surface area (Å²) < 4.78 is 0. The summed E-state index contributed by atoms with van der Waals surface area (Å²) in [4.78, 5) is 25.0. The van der Waals surface area contributed by atoms with Crippen molar-refractivity contribution in [3.05, 3.63) is 71.8 Å². The van der Waals surface area contributed by atoms with Crippen LogP contribution in [0.15, 0.2) is 60.7 Å². The van der Waals surface area contributed by atoms with Crippen LogP contribution < -0.4 is 10.6 Å². The summed E-state index contributed by atoms with van der Waals surface area (Å²) in [5.74, 6) is -0.708. The Bertz CT molecular complexity index is 691. The monoisotopic (exact) mass is 350 g/mol. The molecule has 0 radical (unpaired) electrons. The first kappa shape index (κ1) is 18.2. The zero-order valence-electron chi connectivity index (χ0n) is 15.2. The van der Waals surface area contributed by atoms with Gasteiger partial charge < -0.3 is 10.6 Å². The lowest BCUT2D eigenvalue weighted by molar-refractivity contribution is -0.140. The lowest BCUT2D eigenvalue weighted by Gasteiger charge is -2.29. The van der Waals surface area contributed by atoms with Crippen molar-refractivity contribution in [3.63, 3.8) is 0 Å². The van der Waals surface area contributed by atoms with Gasteiger partial charge in [-0.1, -0.05) is 80.4 Å². The lowest BCUT2D eigenvalue weighted by Crippen LogP contribution is -2.48. The summed E-state index contributed by atoms with van der Waals surface area (Å²) in [5, 5.41) is 5.83. The van der Waals surface area contributed by atoms with Crippen LogP contribution in [0.4, 0.5) is 0 Å². The van der Waals surface area contributed by atoms with Crippen LogP contribution in [0.2, 0.25) is 0 Å². The van der Waals surface area contributed by atoms with Crippen LogP contribution in [-0.2, 0) is 9.59 Å². The van der Waals surface area contributed by atoms with Crippen LogP contribution >= 0.6 is 0 Å². The molecule has 2 N–H and O–H groups in total. The van der Waals surface area contributed by atoms with Gasteiger partial charge in [0.1, 0.15) is 0 Å². The number of hydrogen-bond donors (Lipinski definition) is 2. The van der Waals surface area contributed by atoms with Gasteiger partial charge in [0.05, 0.1) is 6.04 Å². The number of benzene rings is 2. The van der Waals surface area contributed by atoms with E-state index < -0.39 is 11.8 Å². The van der Waals surface area contributed by atoms with Crippen molar-refractivity contribution < 1.29 is 9.59 Å². The molecule has 26 heavy (non-hydrogen) atoms. The molecule has 4 nitrogen and oxygen atoms in total. The van der Waals surface area contributed by atoms with Crippen molar-refractivity contribution in [2.75, 3.05) is 0 Å². The quantitative estimate of drug-likeness (QED) is 0.828. The van der Waals surface area contributed by atoms with Crippen LogP contribution in [0.25, 0.3) is 0 Å².